The zero-order valence-corrected chi connectivity index (χ0v) is 27.7. The molecule has 4 aromatic carbocycles. The van der Waals surface area contributed by atoms with Crippen molar-refractivity contribution < 1.29 is 32.7 Å². The molecule has 0 bridgehead atoms. The first-order valence-corrected chi connectivity index (χ1v) is 14.6. The quantitative estimate of drug-likeness (QED) is 0.158. The molecule has 1 radical (unpaired) electrons. The molecule has 0 saturated heterocycles. The first-order chi connectivity index (χ1) is 23.8. The van der Waals surface area contributed by atoms with Gasteiger partial charge in [0, 0.05) is 46.1 Å². The molecule has 0 fully saturated rings. The Hall–Kier alpha value is -4.37. The first kappa shape index (κ1) is 24.9. The van der Waals surface area contributed by atoms with Crippen LogP contribution in [0.15, 0.2) is 126 Å². The fourth-order valence-corrected chi connectivity index (χ4v) is 5.13. The molecule has 7 aromatic rings. The topological polar surface area (TPSA) is 38.9 Å². The van der Waals surface area contributed by atoms with Gasteiger partial charge in [0.25, 0.3) is 0 Å². The summed E-state index contributed by atoms with van der Waals surface area (Å²) in [4.78, 5) is 8.70. The van der Waals surface area contributed by atoms with Gasteiger partial charge in [-0.15, -0.1) is 53.6 Å². The second kappa shape index (κ2) is 14.6. The number of rotatable bonds is 6. The van der Waals surface area contributed by atoms with Crippen molar-refractivity contribution in [2.75, 3.05) is 0 Å². The van der Waals surface area contributed by atoms with Gasteiger partial charge in [-0.25, -0.2) is 0 Å². The van der Waals surface area contributed by atoms with E-state index in [1.165, 1.54) is 12.3 Å². The van der Waals surface area contributed by atoms with E-state index in [-0.39, 0.29) is 31.2 Å². The average Bonchev–Trinajstić information content (AvgIpc) is 3.51. The molecule has 1 atom stereocenters. The van der Waals surface area contributed by atoms with Crippen LogP contribution in [0.3, 0.4) is 0 Å². The van der Waals surface area contributed by atoms with Gasteiger partial charge in [-0.2, -0.15) is 0 Å². The number of fused-ring (bicyclic) bond motifs is 3. The molecule has 0 amide bonds. The Morgan fingerprint density at radius 3 is 2.36 bits per heavy atom. The molecule has 3 nitrogen and oxygen atoms in total. The maximum absolute atomic E-state index is 8.91. The van der Waals surface area contributed by atoms with Gasteiger partial charge >= 0.3 is 0 Å². The molecule has 3 heterocycles. The van der Waals surface area contributed by atoms with Gasteiger partial charge in [-0.3, -0.25) is 0 Å². The van der Waals surface area contributed by atoms with Crippen molar-refractivity contribution >= 4 is 21.9 Å². The summed E-state index contributed by atoms with van der Waals surface area (Å²) in [5.41, 5.74) is 6.17. The van der Waals surface area contributed by atoms with Crippen LogP contribution in [0.1, 0.15) is 57.1 Å². The van der Waals surface area contributed by atoms with Crippen molar-refractivity contribution in [3.63, 3.8) is 0 Å². The molecular formula is C41H36IrN2O-2. The van der Waals surface area contributed by atoms with Gasteiger partial charge in [-0.1, -0.05) is 104 Å². The molecule has 0 aliphatic carbocycles. The van der Waals surface area contributed by atoms with Crippen molar-refractivity contribution in [2.45, 2.75) is 39.9 Å². The molecule has 0 aliphatic rings. The van der Waals surface area contributed by atoms with Gasteiger partial charge < -0.3 is 14.4 Å². The molecule has 0 spiro atoms. The van der Waals surface area contributed by atoms with E-state index in [0.29, 0.717) is 11.3 Å². The average molecular weight is 771 g/mol. The Morgan fingerprint density at radius 1 is 0.800 bits per heavy atom. The van der Waals surface area contributed by atoms with Crippen molar-refractivity contribution in [2.24, 2.45) is 5.92 Å². The third kappa shape index (κ3) is 7.31. The number of para-hydroxylation sites is 1. The van der Waals surface area contributed by atoms with E-state index in [2.05, 4.69) is 28.2 Å². The summed E-state index contributed by atoms with van der Waals surface area (Å²) in [5, 5.41) is 2.23. The fourth-order valence-electron chi connectivity index (χ4n) is 5.13. The summed E-state index contributed by atoms with van der Waals surface area (Å²) < 4.78 is 55.3. The molecule has 1 unspecified atom stereocenters. The number of aryl methyl sites for hydroxylation is 1. The monoisotopic (exact) mass is 771 g/mol. The maximum Gasteiger partial charge on any atom is 0.120 e. The van der Waals surface area contributed by atoms with Crippen LogP contribution in [0, 0.1) is 24.9 Å². The second-order valence-electron chi connectivity index (χ2n) is 10.8. The van der Waals surface area contributed by atoms with E-state index in [1.54, 1.807) is 26.1 Å². The van der Waals surface area contributed by atoms with Crippen LogP contribution < -0.4 is 0 Å². The molecular weight excluding hydrogens is 729 g/mol. The van der Waals surface area contributed by atoms with Crippen molar-refractivity contribution in [3.8, 4) is 22.5 Å². The smallest absolute Gasteiger partial charge is 0.120 e. The predicted molar refractivity (Wildman–Crippen MR) is 182 cm³/mol. The van der Waals surface area contributed by atoms with Crippen LogP contribution in [0.4, 0.5) is 0 Å². The van der Waals surface area contributed by atoms with Gasteiger partial charge in [0.1, 0.15) is 5.58 Å². The minimum atomic E-state index is -2.47. The number of nitrogens with zero attached hydrogens (tertiary/aromatic N) is 2. The standard InChI is InChI=1S/C24H26N.C17H10NO.Ir/c1-17(2)13-23-15-24(25-16-18(23)3)22-12-8-11-21(14-22)19(4)20-9-6-5-7-10-20;1-2-10-16-12(6-1)13-7-5-8-14(17(13)19-16)15-9-3-4-11-18-15;/h5-11,14-17,19H,13H2,1-4H3;1-7,9-11H;/q2*-1;/i3D3,13D2,19D;;. The maximum atomic E-state index is 8.91. The van der Waals surface area contributed by atoms with Gasteiger partial charge in [0.15, 0.2) is 0 Å². The van der Waals surface area contributed by atoms with Crippen LogP contribution in [0.2, 0.25) is 0 Å². The Bertz CT molecular complexity index is 2250. The molecule has 227 valence electrons. The molecule has 45 heavy (non-hydrogen) atoms. The summed E-state index contributed by atoms with van der Waals surface area (Å²) in [5.74, 6) is -1.42. The van der Waals surface area contributed by atoms with Gasteiger partial charge in [-0.05, 0) is 59.7 Å². The summed E-state index contributed by atoms with van der Waals surface area (Å²) in [6, 6.07) is 40.6. The summed E-state index contributed by atoms with van der Waals surface area (Å²) in [6.45, 7) is 2.79. The zero-order chi connectivity index (χ0) is 35.7. The third-order valence-corrected chi connectivity index (χ3v) is 7.33. The normalized spacial score (nSPS) is 14.8. The van der Waals surface area contributed by atoms with Crippen molar-refractivity contribution in [1.82, 2.24) is 9.97 Å². The van der Waals surface area contributed by atoms with Gasteiger partial charge in [0.05, 0.1) is 5.58 Å². The number of benzene rings is 4. The SMILES string of the molecule is [2H]C([2H])([2H])c1cnc(-c2[c-]ccc(C([2H])(C)c3ccccc3)c2)cc1C([2H])([2H])C(C)C.[Ir].[c-]1ccc2c(oc3ccccc32)c1-c1ccccn1. The van der Waals surface area contributed by atoms with E-state index < -0.39 is 25.0 Å². The molecule has 0 aliphatic heterocycles. The second-order valence-corrected chi connectivity index (χ2v) is 10.8. The predicted octanol–water partition coefficient (Wildman–Crippen LogP) is 10.7. The molecule has 7 rings (SSSR count). The number of hydrogen-bond acceptors (Lipinski definition) is 3. The minimum Gasteiger partial charge on any atom is -0.501 e. The van der Waals surface area contributed by atoms with Gasteiger partial charge in [0.2, 0.25) is 0 Å². The Kier molecular flexibility index (Phi) is 8.08. The number of furan rings is 1. The summed E-state index contributed by atoms with van der Waals surface area (Å²) >= 11 is 0. The number of pyridine rings is 2. The van der Waals surface area contributed by atoms with Crippen molar-refractivity contribution in [1.29, 1.82) is 0 Å². The number of aromatic nitrogens is 2. The third-order valence-electron chi connectivity index (χ3n) is 7.33. The molecule has 4 heteroatoms. The molecule has 0 N–H and O–H groups in total. The Balaban J connectivity index is 0.000000214. The molecule has 0 saturated carbocycles. The van der Waals surface area contributed by atoms with Crippen molar-refractivity contribution in [3.05, 3.63) is 156 Å². The minimum absolute atomic E-state index is 0. The van der Waals surface area contributed by atoms with Crippen LogP contribution in [0.25, 0.3) is 44.5 Å². The van der Waals surface area contributed by atoms with E-state index in [1.807, 2.05) is 97.9 Å². The first-order valence-electron chi connectivity index (χ1n) is 17.6. The van der Waals surface area contributed by atoms with Crippen LogP contribution in [0.5, 0.6) is 0 Å². The summed E-state index contributed by atoms with van der Waals surface area (Å²) in [7, 11) is 0. The zero-order valence-electron chi connectivity index (χ0n) is 31.3. The Morgan fingerprint density at radius 2 is 1.58 bits per heavy atom. The fraction of sp³-hybridized carbons (Fsp3) is 0.171. The summed E-state index contributed by atoms with van der Waals surface area (Å²) in [6.07, 6.45) is 1.19. The van der Waals surface area contributed by atoms with E-state index >= 15 is 0 Å². The van der Waals surface area contributed by atoms with Crippen LogP contribution in [-0.2, 0) is 26.5 Å². The van der Waals surface area contributed by atoms with Crippen LogP contribution >= 0.6 is 0 Å². The Labute approximate surface area is 288 Å². The van der Waals surface area contributed by atoms with E-state index in [9.17, 15) is 0 Å². The number of hydrogen-bond donors (Lipinski definition) is 0. The van der Waals surface area contributed by atoms with E-state index in [0.717, 1.165) is 44.3 Å². The largest absolute Gasteiger partial charge is 0.501 e. The van der Waals surface area contributed by atoms with E-state index in [4.69, 9.17) is 12.6 Å². The molecule has 3 aromatic heterocycles. The van der Waals surface area contributed by atoms with Crippen LogP contribution in [-0.4, -0.2) is 9.97 Å².